The van der Waals surface area contributed by atoms with Crippen LogP contribution in [0, 0.1) is 0 Å². The molecule has 2 aromatic rings. The highest BCUT2D eigenvalue weighted by Crippen LogP contribution is 2.30. The Hall–Kier alpha value is -1.72. The van der Waals surface area contributed by atoms with Crippen molar-refractivity contribution in [3.8, 4) is 0 Å². The molecule has 1 fully saturated rings. The molecule has 0 N–H and O–H groups in total. The SMILES string of the molecule is COC(CC(=O)c1ccccc1)C(OC)N1CCC(c2ccccc2)CC1.Cl. The van der Waals surface area contributed by atoms with Crippen LogP contribution in [0.4, 0.5) is 0 Å². The Balaban J connectivity index is 0.00000280. The number of rotatable bonds is 8. The first-order valence-electron chi connectivity index (χ1n) is 9.65. The minimum Gasteiger partial charge on any atom is -0.377 e. The number of nitrogens with zero attached hydrogens (tertiary/aromatic N) is 1. The minimum atomic E-state index is -0.281. The standard InChI is InChI=1S/C23H29NO3.ClH/c1-26-22(17-21(25)20-11-7-4-8-12-20)23(27-2)24-15-13-19(14-16-24)18-9-5-3-6-10-18;/h3-12,19,22-23H,13-17H2,1-2H3;1H. The number of benzene rings is 2. The maximum atomic E-state index is 12.6. The molecular weight excluding hydrogens is 374 g/mol. The van der Waals surface area contributed by atoms with Gasteiger partial charge in [0.25, 0.3) is 0 Å². The van der Waals surface area contributed by atoms with Gasteiger partial charge in [0.05, 0.1) is 0 Å². The summed E-state index contributed by atoms with van der Waals surface area (Å²) >= 11 is 0. The summed E-state index contributed by atoms with van der Waals surface area (Å²) in [4.78, 5) is 14.9. The second kappa shape index (κ2) is 11.3. The van der Waals surface area contributed by atoms with Gasteiger partial charge in [0, 0.05) is 39.3 Å². The maximum Gasteiger partial charge on any atom is 0.165 e. The van der Waals surface area contributed by atoms with E-state index in [2.05, 4.69) is 35.2 Å². The molecule has 0 bridgehead atoms. The highest BCUT2D eigenvalue weighted by Gasteiger charge is 2.32. The highest BCUT2D eigenvalue weighted by atomic mass is 35.5. The van der Waals surface area contributed by atoms with Gasteiger partial charge in [0.2, 0.25) is 0 Å². The molecule has 1 aliphatic heterocycles. The van der Waals surface area contributed by atoms with Gasteiger partial charge in [-0.2, -0.15) is 0 Å². The molecule has 0 saturated carbocycles. The van der Waals surface area contributed by atoms with Crippen molar-refractivity contribution in [1.29, 1.82) is 0 Å². The molecule has 0 aromatic heterocycles. The third-order valence-electron chi connectivity index (χ3n) is 5.51. The molecule has 1 saturated heterocycles. The summed E-state index contributed by atoms with van der Waals surface area (Å²) in [5, 5.41) is 0. The van der Waals surface area contributed by atoms with Gasteiger partial charge in [-0.3, -0.25) is 9.69 Å². The van der Waals surface area contributed by atoms with Crippen LogP contribution in [-0.2, 0) is 9.47 Å². The molecule has 3 rings (SSSR count). The Labute approximate surface area is 174 Å². The van der Waals surface area contributed by atoms with E-state index in [0.717, 1.165) is 31.5 Å². The molecule has 2 unspecified atom stereocenters. The van der Waals surface area contributed by atoms with Crippen molar-refractivity contribution in [1.82, 2.24) is 4.90 Å². The lowest BCUT2D eigenvalue weighted by Crippen LogP contribution is -2.49. The fraction of sp³-hybridized carbons (Fsp3) is 0.435. The van der Waals surface area contributed by atoms with Crippen LogP contribution in [0.25, 0.3) is 0 Å². The Bertz CT molecular complexity index is 702. The van der Waals surface area contributed by atoms with E-state index in [4.69, 9.17) is 9.47 Å². The number of ether oxygens (including phenoxy) is 2. The lowest BCUT2D eigenvalue weighted by Gasteiger charge is -2.39. The lowest BCUT2D eigenvalue weighted by molar-refractivity contribution is -0.124. The van der Waals surface area contributed by atoms with E-state index in [-0.39, 0.29) is 30.5 Å². The van der Waals surface area contributed by atoms with Crippen LogP contribution in [0.3, 0.4) is 0 Å². The predicted molar refractivity (Wildman–Crippen MR) is 114 cm³/mol. The third-order valence-corrected chi connectivity index (χ3v) is 5.51. The quantitative estimate of drug-likeness (QED) is 0.606. The Kier molecular flexibility index (Phi) is 9.13. The zero-order valence-corrected chi connectivity index (χ0v) is 17.4. The second-order valence-corrected chi connectivity index (χ2v) is 7.11. The second-order valence-electron chi connectivity index (χ2n) is 7.11. The number of hydrogen-bond donors (Lipinski definition) is 0. The van der Waals surface area contributed by atoms with E-state index in [9.17, 15) is 4.79 Å². The van der Waals surface area contributed by atoms with Gasteiger partial charge in [-0.1, -0.05) is 60.7 Å². The Morgan fingerprint density at radius 2 is 1.54 bits per heavy atom. The van der Waals surface area contributed by atoms with Gasteiger partial charge in [0.15, 0.2) is 5.78 Å². The lowest BCUT2D eigenvalue weighted by atomic mass is 9.89. The van der Waals surface area contributed by atoms with E-state index in [1.54, 1.807) is 14.2 Å². The fourth-order valence-electron chi connectivity index (χ4n) is 3.97. The average Bonchev–Trinajstić information content (AvgIpc) is 2.75. The largest absolute Gasteiger partial charge is 0.377 e. The Morgan fingerprint density at radius 3 is 2.07 bits per heavy atom. The van der Waals surface area contributed by atoms with Crippen LogP contribution in [0.5, 0.6) is 0 Å². The number of likely N-dealkylation sites (tertiary alicyclic amines) is 1. The summed E-state index contributed by atoms with van der Waals surface area (Å²) in [5.41, 5.74) is 2.13. The topological polar surface area (TPSA) is 38.8 Å². The molecule has 1 aliphatic rings. The molecule has 2 atom stereocenters. The third kappa shape index (κ3) is 5.65. The molecule has 1 heterocycles. The van der Waals surface area contributed by atoms with E-state index in [1.165, 1.54) is 5.56 Å². The molecule has 2 aromatic carbocycles. The number of carbonyl (C=O) groups excluding carboxylic acids is 1. The first kappa shape index (κ1) is 22.6. The van der Waals surface area contributed by atoms with Crippen molar-refractivity contribution in [3.63, 3.8) is 0 Å². The predicted octanol–water partition coefficient (Wildman–Crippen LogP) is 4.55. The molecule has 5 heteroatoms. The van der Waals surface area contributed by atoms with Crippen LogP contribution in [0.15, 0.2) is 60.7 Å². The van der Waals surface area contributed by atoms with Crippen molar-refractivity contribution in [2.45, 2.75) is 37.5 Å². The zero-order chi connectivity index (χ0) is 19.1. The van der Waals surface area contributed by atoms with Gasteiger partial charge in [-0.05, 0) is 24.3 Å². The first-order valence-corrected chi connectivity index (χ1v) is 9.65. The number of ketones is 1. The van der Waals surface area contributed by atoms with Gasteiger partial charge in [-0.25, -0.2) is 0 Å². The molecule has 28 heavy (non-hydrogen) atoms. The normalized spacial score (nSPS) is 17.5. The number of Topliss-reactive ketones (excluding diaryl/α,β-unsaturated/α-hetero) is 1. The van der Waals surface area contributed by atoms with Crippen molar-refractivity contribution >= 4 is 18.2 Å². The van der Waals surface area contributed by atoms with Crippen LogP contribution >= 0.6 is 12.4 Å². The number of carbonyl (C=O) groups is 1. The summed E-state index contributed by atoms with van der Waals surface area (Å²) in [6.45, 7) is 1.88. The summed E-state index contributed by atoms with van der Waals surface area (Å²) in [6, 6.07) is 20.1. The number of hydrogen-bond acceptors (Lipinski definition) is 4. The fourth-order valence-corrected chi connectivity index (χ4v) is 3.97. The van der Waals surface area contributed by atoms with Crippen LogP contribution in [-0.4, -0.2) is 50.3 Å². The summed E-state index contributed by atoms with van der Waals surface area (Å²) in [7, 11) is 3.36. The van der Waals surface area contributed by atoms with Crippen molar-refractivity contribution in [2.24, 2.45) is 0 Å². The maximum absolute atomic E-state index is 12.6. The van der Waals surface area contributed by atoms with Crippen LogP contribution in [0.1, 0.15) is 41.1 Å². The van der Waals surface area contributed by atoms with Gasteiger partial charge in [0.1, 0.15) is 12.3 Å². The number of methoxy groups -OCH3 is 2. The van der Waals surface area contributed by atoms with Gasteiger partial charge >= 0.3 is 0 Å². The molecule has 0 aliphatic carbocycles. The molecule has 0 radical (unpaired) electrons. The van der Waals surface area contributed by atoms with E-state index < -0.39 is 0 Å². The molecule has 0 amide bonds. The minimum absolute atomic E-state index is 0. The van der Waals surface area contributed by atoms with Gasteiger partial charge < -0.3 is 9.47 Å². The van der Waals surface area contributed by atoms with E-state index in [0.29, 0.717) is 12.3 Å². The van der Waals surface area contributed by atoms with Crippen LogP contribution < -0.4 is 0 Å². The van der Waals surface area contributed by atoms with Crippen LogP contribution in [0.2, 0.25) is 0 Å². The smallest absolute Gasteiger partial charge is 0.165 e. The molecular formula is C23H30ClNO3. The van der Waals surface area contributed by atoms with Crippen molar-refractivity contribution < 1.29 is 14.3 Å². The average molecular weight is 404 g/mol. The summed E-state index contributed by atoms with van der Waals surface area (Å²) in [5.74, 6) is 0.676. The molecule has 4 nitrogen and oxygen atoms in total. The molecule has 152 valence electrons. The number of piperidine rings is 1. The molecule has 0 spiro atoms. The number of halogens is 1. The first-order chi connectivity index (χ1) is 13.2. The summed E-state index contributed by atoms with van der Waals surface area (Å²) in [6.07, 6.45) is 2.01. The Morgan fingerprint density at radius 1 is 0.964 bits per heavy atom. The van der Waals surface area contributed by atoms with E-state index >= 15 is 0 Å². The van der Waals surface area contributed by atoms with E-state index in [1.807, 2.05) is 30.3 Å². The zero-order valence-electron chi connectivity index (χ0n) is 16.6. The van der Waals surface area contributed by atoms with Gasteiger partial charge in [-0.15, -0.1) is 12.4 Å². The highest BCUT2D eigenvalue weighted by molar-refractivity contribution is 5.96. The van der Waals surface area contributed by atoms with Crippen molar-refractivity contribution in [2.75, 3.05) is 27.3 Å². The monoisotopic (exact) mass is 403 g/mol. The summed E-state index contributed by atoms with van der Waals surface area (Å²) < 4.78 is 11.4. The van der Waals surface area contributed by atoms with Crippen molar-refractivity contribution in [3.05, 3.63) is 71.8 Å².